The lowest BCUT2D eigenvalue weighted by Gasteiger charge is -2.07. The molecule has 0 radical (unpaired) electrons. The number of hydrogen-bond donors (Lipinski definition) is 2. The van der Waals surface area contributed by atoms with Gasteiger partial charge in [0.25, 0.3) is 0 Å². The van der Waals surface area contributed by atoms with Crippen LogP contribution in [-0.4, -0.2) is 27.8 Å². The molecule has 7 heteroatoms. The van der Waals surface area contributed by atoms with E-state index in [0.29, 0.717) is 12.5 Å². The molecular weight excluding hydrogens is 328 g/mol. The Kier molecular flexibility index (Phi) is 5.17. The number of hydrogen-bond acceptors (Lipinski definition) is 4. The second kappa shape index (κ2) is 7.69. The van der Waals surface area contributed by atoms with Gasteiger partial charge in [0, 0.05) is 23.6 Å². The van der Waals surface area contributed by atoms with Crippen LogP contribution in [0.25, 0.3) is 5.82 Å². The first-order valence-corrected chi connectivity index (χ1v) is 8.25. The summed E-state index contributed by atoms with van der Waals surface area (Å²) in [5, 5.41) is 7.48. The van der Waals surface area contributed by atoms with Crippen molar-refractivity contribution in [1.29, 1.82) is 0 Å². The molecule has 1 aromatic carbocycles. The van der Waals surface area contributed by atoms with E-state index in [-0.39, 0.29) is 0 Å². The van der Waals surface area contributed by atoms with Gasteiger partial charge in [-0.25, -0.2) is 14.7 Å². The lowest BCUT2D eigenvalue weighted by molar-refractivity contribution is 0.415. The number of nitrogens with one attached hydrogen (secondary N) is 1. The fourth-order valence-corrected chi connectivity index (χ4v) is 2.56. The maximum absolute atomic E-state index is 5.95. The molecule has 3 N–H and O–H groups in total. The number of nitrogens with two attached hydrogens (primary N) is 1. The normalized spacial score (nSPS) is 11.4. The lowest BCUT2D eigenvalue weighted by Crippen LogP contribution is -2.22. The summed E-state index contributed by atoms with van der Waals surface area (Å²) in [5.74, 6) is 1.87. The number of anilines is 1. The van der Waals surface area contributed by atoms with Gasteiger partial charge in [0.05, 0.1) is 19.3 Å². The number of aryl methyl sites for hydroxylation is 2. The lowest BCUT2D eigenvalue weighted by atomic mass is 10.3. The van der Waals surface area contributed by atoms with Gasteiger partial charge in [-0.3, -0.25) is 0 Å². The van der Waals surface area contributed by atoms with Crippen LogP contribution < -0.4 is 15.8 Å². The van der Waals surface area contributed by atoms with Crippen LogP contribution in [0.4, 0.5) is 5.69 Å². The second-order valence-electron chi connectivity index (χ2n) is 5.92. The van der Waals surface area contributed by atoms with E-state index in [1.807, 2.05) is 61.0 Å². The van der Waals surface area contributed by atoms with Crippen molar-refractivity contribution >= 4 is 11.6 Å². The molecule has 0 aliphatic rings. The van der Waals surface area contributed by atoms with Crippen LogP contribution in [0.5, 0.6) is 5.75 Å². The summed E-state index contributed by atoms with van der Waals surface area (Å²) in [7, 11) is 1.62. The molecule has 0 fully saturated rings. The molecule has 0 unspecified atom stereocenters. The van der Waals surface area contributed by atoms with Gasteiger partial charge in [-0.15, -0.1) is 0 Å². The van der Waals surface area contributed by atoms with Gasteiger partial charge >= 0.3 is 0 Å². The maximum atomic E-state index is 5.95. The predicted octanol–water partition coefficient (Wildman–Crippen LogP) is 2.82. The van der Waals surface area contributed by atoms with Crippen LogP contribution >= 0.6 is 0 Å². The van der Waals surface area contributed by atoms with E-state index in [4.69, 9.17) is 10.5 Å². The third-order valence-electron chi connectivity index (χ3n) is 3.81. The van der Waals surface area contributed by atoms with Gasteiger partial charge in [-0.2, -0.15) is 5.10 Å². The van der Waals surface area contributed by atoms with Gasteiger partial charge in [0.15, 0.2) is 11.8 Å². The summed E-state index contributed by atoms with van der Waals surface area (Å²) in [4.78, 5) is 8.81. The number of methoxy groups -OCH3 is 1. The van der Waals surface area contributed by atoms with E-state index in [2.05, 4.69) is 20.4 Å². The molecule has 0 bridgehead atoms. The fourth-order valence-electron chi connectivity index (χ4n) is 2.56. The molecule has 26 heavy (non-hydrogen) atoms. The zero-order valence-corrected chi connectivity index (χ0v) is 15.1. The van der Waals surface area contributed by atoms with Crippen molar-refractivity contribution in [3.63, 3.8) is 0 Å². The van der Waals surface area contributed by atoms with Crippen molar-refractivity contribution in [1.82, 2.24) is 14.8 Å². The highest BCUT2D eigenvalue weighted by molar-refractivity contribution is 5.92. The first kappa shape index (κ1) is 17.5. The summed E-state index contributed by atoms with van der Waals surface area (Å²) < 4.78 is 7.01. The van der Waals surface area contributed by atoms with Crippen LogP contribution in [-0.2, 0) is 6.54 Å². The van der Waals surface area contributed by atoms with Gasteiger partial charge in [-0.1, -0.05) is 12.1 Å². The highest BCUT2D eigenvalue weighted by Gasteiger charge is 2.05. The first-order chi connectivity index (χ1) is 12.5. The zero-order chi connectivity index (χ0) is 18.5. The highest BCUT2D eigenvalue weighted by Crippen LogP contribution is 2.16. The largest absolute Gasteiger partial charge is 0.497 e. The van der Waals surface area contributed by atoms with Gasteiger partial charge in [0.2, 0.25) is 0 Å². The minimum Gasteiger partial charge on any atom is -0.497 e. The van der Waals surface area contributed by atoms with E-state index in [9.17, 15) is 0 Å². The number of guanidine groups is 1. The molecule has 0 aliphatic heterocycles. The molecule has 0 atom stereocenters. The molecule has 134 valence electrons. The second-order valence-corrected chi connectivity index (χ2v) is 5.92. The van der Waals surface area contributed by atoms with Crippen molar-refractivity contribution < 1.29 is 4.74 Å². The molecule has 3 aromatic rings. The van der Waals surface area contributed by atoms with Crippen molar-refractivity contribution in [2.45, 2.75) is 20.4 Å². The van der Waals surface area contributed by atoms with Crippen molar-refractivity contribution in [3.05, 3.63) is 65.6 Å². The maximum Gasteiger partial charge on any atom is 0.193 e. The SMILES string of the molecule is COc1cccc(NC(N)=NCc2ccc(-n3nc(C)cc3C)nc2)c1. The van der Waals surface area contributed by atoms with Crippen LogP contribution in [0.3, 0.4) is 0 Å². The Bertz CT molecular complexity index is 914. The van der Waals surface area contributed by atoms with E-state index in [0.717, 1.165) is 34.2 Å². The Morgan fingerprint density at radius 1 is 1.23 bits per heavy atom. The molecule has 0 saturated carbocycles. The Balaban J connectivity index is 1.65. The Morgan fingerprint density at radius 3 is 2.73 bits per heavy atom. The van der Waals surface area contributed by atoms with Crippen LogP contribution in [0.1, 0.15) is 17.0 Å². The third kappa shape index (κ3) is 4.18. The molecule has 0 aliphatic carbocycles. The fraction of sp³-hybridized carbons (Fsp3) is 0.211. The minimum absolute atomic E-state index is 0.334. The summed E-state index contributed by atoms with van der Waals surface area (Å²) in [6, 6.07) is 13.4. The minimum atomic E-state index is 0.334. The quantitative estimate of drug-likeness (QED) is 0.545. The van der Waals surface area contributed by atoms with Crippen molar-refractivity contribution in [2.75, 3.05) is 12.4 Å². The van der Waals surface area contributed by atoms with Crippen molar-refractivity contribution in [3.8, 4) is 11.6 Å². The number of ether oxygens (including phenoxy) is 1. The van der Waals surface area contributed by atoms with Gasteiger partial charge in [0.1, 0.15) is 5.75 Å². The molecule has 2 heterocycles. The number of pyridine rings is 1. The van der Waals surface area contributed by atoms with E-state index in [1.54, 1.807) is 13.3 Å². The smallest absolute Gasteiger partial charge is 0.193 e. The Hall–Kier alpha value is -3.35. The highest BCUT2D eigenvalue weighted by atomic mass is 16.5. The van der Waals surface area contributed by atoms with Gasteiger partial charge in [-0.05, 0) is 43.7 Å². The Labute approximate surface area is 152 Å². The Morgan fingerprint density at radius 2 is 2.08 bits per heavy atom. The van der Waals surface area contributed by atoms with Crippen LogP contribution in [0.15, 0.2) is 53.7 Å². The average molecular weight is 350 g/mol. The molecule has 3 rings (SSSR count). The monoisotopic (exact) mass is 350 g/mol. The summed E-state index contributed by atoms with van der Waals surface area (Å²) >= 11 is 0. The number of benzene rings is 1. The first-order valence-electron chi connectivity index (χ1n) is 8.25. The van der Waals surface area contributed by atoms with Crippen molar-refractivity contribution in [2.24, 2.45) is 10.7 Å². The standard InChI is InChI=1S/C19H22N6O/c1-13-9-14(2)25(24-13)18-8-7-15(11-21-18)12-22-19(20)23-16-5-4-6-17(10-16)26-3/h4-11H,12H2,1-3H3,(H3,20,22,23). The molecule has 7 nitrogen and oxygen atoms in total. The number of aliphatic imine (C=N–C) groups is 1. The van der Waals surface area contributed by atoms with E-state index >= 15 is 0 Å². The molecular formula is C19H22N6O. The summed E-state index contributed by atoms with van der Waals surface area (Å²) in [5.41, 5.74) is 9.75. The molecule has 0 saturated heterocycles. The van der Waals surface area contributed by atoms with Crippen LogP contribution in [0, 0.1) is 13.8 Å². The molecule has 0 amide bonds. The summed E-state index contributed by atoms with van der Waals surface area (Å²) in [6.07, 6.45) is 1.79. The van der Waals surface area contributed by atoms with E-state index in [1.165, 1.54) is 0 Å². The number of nitrogens with zero attached hydrogens (tertiary/aromatic N) is 4. The zero-order valence-electron chi connectivity index (χ0n) is 15.1. The third-order valence-corrected chi connectivity index (χ3v) is 3.81. The molecule has 0 spiro atoms. The number of rotatable bonds is 5. The number of aromatic nitrogens is 3. The molecule has 2 aromatic heterocycles. The summed E-state index contributed by atoms with van der Waals surface area (Å²) in [6.45, 7) is 4.41. The topological polar surface area (TPSA) is 90.3 Å². The van der Waals surface area contributed by atoms with E-state index < -0.39 is 0 Å². The predicted molar refractivity (Wildman–Crippen MR) is 103 cm³/mol. The average Bonchev–Trinajstić information content (AvgIpc) is 2.99. The van der Waals surface area contributed by atoms with Crippen LogP contribution in [0.2, 0.25) is 0 Å². The van der Waals surface area contributed by atoms with Gasteiger partial charge < -0.3 is 15.8 Å².